The molecule has 0 aliphatic rings. The number of hydrogen-bond acceptors (Lipinski definition) is 3. The third-order valence-electron chi connectivity index (χ3n) is 3.28. The first-order valence-electron chi connectivity index (χ1n) is 6.26. The Balaban J connectivity index is 1.98. The van der Waals surface area contributed by atoms with Gasteiger partial charge in [-0.15, -0.1) is 0 Å². The summed E-state index contributed by atoms with van der Waals surface area (Å²) in [5.74, 6) is 1.54. The molecule has 3 aromatic rings. The predicted molar refractivity (Wildman–Crippen MR) is 88.0 cm³/mol. The maximum atomic E-state index is 6.27. The van der Waals surface area contributed by atoms with Gasteiger partial charge in [0.05, 0.1) is 13.2 Å². The maximum Gasteiger partial charge on any atom is 0.138 e. The van der Waals surface area contributed by atoms with Crippen molar-refractivity contribution in [3.63, 3.8) is 0 Å². The molecule has 1 atom stereocenters. The molecule has 0 amide bonds. The van der Waals surface area contributed by atoms with Crippen LogP contribution in [0.15, 0.2) is 52.9 Å². The molecular weight excluding hydrogens is 365 g/mol. The zero-order valence-corrected chi connectivity index (χ0v) is 13.1. The topological polar surface area (TPSA) is 48.4 Å². The summed E-state index contributed by atoms with van der Waals surface area (Å²) in [6.45, 7) is 0. The van der Waals surface area contributed by atoms with Crippen LogP contribution in [0.4, 0.5) is 0 Å². The standard InChI is InChI=1S/C16H14INO2/c1-19-13-7-4-11-8-15(20-14(11)9-13)16(18)10-2-5-12(17)6-3-10/h2-9,16H,18H2,1H3. The van der Waals surface area contributed by atoms with Crippen LogP contribution >= 0.6 is 22.6 Å². The van der Waals surface area contributed by atoms with Gasteiger partial charge in [0.2, 0.25) is 0 Å². The molecule has 0 aliphatic heterocycles. The smallest absolute Gasteiger partial charge is 0.138 e. The van der Waals surface area contributed by atoms with E-state index in [1.54, 1.807) is 7.11 Å². The highest BCUT2D eigenvalue weighted by Crippen LogP contribution is 2.29. The zero-order valence-electron chi connectivity index (χ0n) is 11.0. The quantitative estimate of drug-likeness (QED) is 0.698. The van der Waals surface area contributed by atoms with E-state index < -0.39 is 0 Å². The average Bonchev–Trinajstić information content (AvgIpc) is 2.90. The van der Waals surface area contributed by atoms with Crippen molar-refractivity contribution in [3.05, 3.63) is 63.4 Å². The van der Waals surface area contributed by atoms with Gasteiger partial charge in [-0.25, -0.2) is 0 Å². The first-order valence-corrected chi connectivity index (χ1v) is 7.34. The average molecular weight is 379 g/mol. The van der Waals surface area contributed by atoms with Crippen molar-refractivity contribution in [1.29, 1.82) is 0 Å². The minimum absolute atomic E-state index is 0.259. The van der Waals surface area contributed by atoms with E-state index >= 15 is 0 Å². The van der Waals surface area contributed by atoms with Crippen molar-refractivity contribution in [1.82, 2.24) is 0 Å². The minimum Gasteiger partial charge on any atom is -0.497 e. The first kappa shape index (κ1) is 13.5. The molecule has 4 heteroatoms. The highest BCUT2D eigenvalue weighted by Gasteiger charge is 2.14. The van der Waals surface area contributed by atoms with Gasteiger partial charge in [-0.2, -0.15) is 0 Å². The fraction of sp³-hybridized carbons (Fsp3) is 0.125. The number of halogens is 1. The largest absolute Gasteiger partial charge is 0.497 e. The molecular formula is C16H14INO2. The molecule has 0 bridgehead atoms. The van der Waals surface area contributed by atoms with Crippen LogP contribution in [-0.2, 0) is 0 Å². The summed E-state index contributed by atoms with van der Waals surface area (Å²) in [6.07, 6.45) is 0. The van der Waals surface area contributed by atoms with Crippen LogP contribution in [0, 0.1) is 3.57 Å². The Labute approximate surface area is 130 Å². The van der Waals surface area contributed by atoms with E-state index in [9.17, 15) is 0 Å². The summed E-state index contributed by atoms with van der Waals surface area (Å²) in [7, 11) is 1.64. The van der Waals surface area contributed by atoms with Crippen molar-refractivity contribution in [2.75, 3.05) is 7.11 Å². The molecule has 3 rings (SSSR count). The lowest BCUT2D eigenvalue weighted by Gasteiger charge is -2.08. The second kappa shape index (κ2) is 5.46. The Morgan fingerprint density at radius 2 is 1.85 bits per heavy atom. The molecule has 1 unspecified atom stereocenters. The van der Waals surface area contributed by atoms with Gasteiger partial charge < -0.3 is 14.9 Å². The molecule has 20 heavy (non-hydrogen) atoms. The van der Waals surface area contributed by atoms with E-state index in [-0.39, 0.29) is 6.04 Å². The molecule has 3 nitrogen and oxygen atoms in total. The van der Waals surface area contributed by atoms with Crippen molar-refractivity contribution in [3.8, 4) is 5.75 Å². The second-order valence-electron chi connectivity index (χ2n) is 4.58. The van der Waals surface area contributed by atoms with Gasteiger partial charge >= 0.3 is 0 Å². The predicted octanol–water partition coefficient (Wildman–Crippen LogP) is 4.09. The molecule has 0 saturated heterocycles. The van der Waals surface area contributed by atoms with E-state index in [1.165, 1.54) is 3.57 Å². The number of hydrogen-bond donors (Lipinski definition) is 1. The van der Waals surface area contributed by atoms with Crippen LogP contribution in [-0.4, -0.2) is 7.11 Å². The van der Waals surface area contributed by atoms with Gasteiger partial charge in [-0.3, -0.25) is 0 Å². The number of furan rings is 1. The van der Waals surface area contributed by atoms with E-state index in [0.717, 1.165) is 28.0 Å². The molecule has 0 fully saturated rings. The Hall–Kier alpha value is -1.53. The summed E-state index contributed by atoms with van der Waals surface area (Å²) in [5.41, 5.74) is 8.10. The number of benzene rings is 2. The summed E-state index contributed by atoms with van der Waals surface area (Å²) in [4.78, 5) is 0. The summed E-state index contributed by atoms with van der Waals surface area (Å²) < 4.78 is 12.2. The van der Waals surface area contributed by atoms with E-state index in [4.69, 9.17) is 14.9 Å². The van der Waals surface area contributed by atoms with E-state index in [1.807, 2.05) is 48.5 Å². The lowest BCUT2D eigenvalue weighted by molar-refractivity contribution is 0.414. The van der Waals surface area contributed by atoms with E-state index in [0.29, 0.717) is 0 Å². The van der Waals surface area contributed by atoms with Crippen LogP contribution in [0.3, 0.4) is 0 Å². The number of ether oxygens (including phenoxy) is 1. The first-order chi connectivity index (χ1) is 9.67. The van der Waals surface area contributed by atoms with Gasteiger partial charge in [0.1, 0.15) is 17.1 Å². The van der Waals surface area contributed by atoms with Gasteiger partial charge in [0, 0.05) is 15.0 Å². The van der Waals surface area contributed by atoms with Gasteiger partial charge in [0.15, 0.2) is 0 Å². The van der Waals surface area contributed by atoms with Crippen LogP contribution in [0.25, 0.3) is 11.0 Å². The summed E-state index contributed by atoms with van der Waals surface area (Å²) >= 11 is 2.28. The van der Waals surface area contributed by atoms with Gasteiger partial charge in [-0.1, -0.05) is 12.1 Å². The normalized spacial score (nSPS) is 12.6. The highest BCUT2D eigenvalue weighted by molar-refractivity contribution is 14.1. The van der Waals surface area contributed by atoms with Crippen LogP contribution < -0.4 is 10.5 Å². The van der Waals surface area contributed by atoms with Crippen LogP contribution in [0.1, 0.15) is 17.4 Å². The van der Waals surface area contributed by atoms with Crippen LogP contribution in [0.2, 0.25) is 0 Å². The van der Waals surface area contributed by atoms with Gasteiger partial charge in [0.25, 0.3) is 0 Å². The number of rotatable bonds is 3. The molecule has 0 saturated carbocycles. The molecule has 0 radical (unpaired) electrons. The molecule has 0 aliphatic carbocycles. The lowest BCUT2D eigenvalue weighted by atomic mass is 10.1. The molecule has 2 aromatic carbocycles. The second-order valence-corrected chi connectivity index (χ2v) is 5.83. The minimum atomic E-state index is -0.259. The molecule has 2 N–H and O–H groups in total. The Morgan fingerprint density at radius 3 is 2.55 bits per heavy atom. The molecule has 1 heterocycles. The molecule has 1 aromatic heterocycles. The Kier molecular flexibility index (Phi) is 3.67. The fourth-order valence-electron chi connectivity index (χ4n) is 2.15. The SMILES string of the molecule is COc1ccc2cc(C(N)c3ccc(I)cc3)oc2c1. The van der Waals surface area contributed by atoms with Gasteiger partial charge in [-0.05, 0) is 58.5 Å². The lowest BCUT2D eigenvalue weighted by Crippen LogP contribution is -2.10. The van der Waals surface area contributed by atoms with Crippen molar-refractivity contribution in [2.24, 2.45) is 5.73 Å². The summed E-state index contributed by atoms with van der Waals surface area (Å²) in [6, 6.07) is 15.6. The number of methoxy groups -OCH3 is 1. The van der Waals surface area contributed by atoms with Crippen molar-refractivity contribution in [2.45, 2.75) is 6.04 Å². The van der Waals surface area contributed by atoms with E-state index in [2.05, 4.69) is 22.6 Å². The Bertz CT molecular complexity index is 734. The maximum absolute atomic E-state index is 6.27. The van der Waals surface area contributed by atoms with Crippen molar-refractivity contribution >= 4 is 33.6 Å². The summed E-state index contributed by atoms with van der Waals surface area (Å²) in [5, 5.41) is 1.03. The fourth-order valence-corrected chi connectivity index (χ4v) is 2.51. The number of fused-ring (bicyclic) bond motifs is 1. The van der Waals surface area contributed by atoms with Crippen LogP contribution in [0.5, 0.6) is 5.75 Å². The third-order valence-corrected chi connectivity index (χ3v) is 4.00. The number of nitrogens with two attached hydrogens (primary N) is 1. The Morgan fingerprint density at radius 1 is 1.10 bits per heavy atom. The zero-order chi connectivity index (χ0) is 14.1. The van der Waals surface area contributed by atoms with Crippen molar-refractivity contribution < 1.29 is 9.15 Å². The third kappa shape index (κ3) is 2.53. The molecule has 0 spiro atoms. The highest BCUT2D eigenvalue weighted by atomic mass is 127. The monoisotopic (exact) mass is 379 g/mol. The molecule has 102 valence electrons.